The van der Waals surface area contributed by atoms with E-state index in [1.54, 1.807) is 4.57 Å². The molecule has 206 valence electrons. The maximum atomic E-state index is 14.4. The van der Waals surface area contributed by atoms with Crippen LogP contribution in [0.2, 0.25) is 0 Å². The average molecular weight is 534 g/mol. The Balaban J connectivity index is 1.47. The Kier molecular flexibility index (Phi) is 8.10. The molecule has 0 spiro atoms. The average Bonchev–Trinajstić information content (AvgIpc) is 3.78. The molecule has 5 heteroatoms. The quantitative estimate of drug-likeness (QED) is 0.218. The summed E-state index contributed by atoms with van der Waals surface area (Å²) in [7, 11) is 0. The van der Waals surface area contributed by atoms with Crippen LogP contribution in [-0.2, 0) is 0 Å². The number of amides is 1. The van der Waals surface area contributed by atoms with Crippen LogP contribution in [0.5, 0.6) is 0 Å². The van der Waals surface area contributed by atoms with Crippen LogP contribution in [0, 0.1) is 0 Å². The topological polar surface area (TPSA) is 45.6 Å². The number of aromatic nitrogens is 1. The zero-order valence-corrected chi connectivity index (χ0v) is 23.3. The molecule has 0 unspecified atom stereocenters. The van der Waals surface area contributed by atoms with Crippen LogP contribution in [0.4, 0.5) is 0 Å². The second kappa shape index (κ2) is 12.2. The molecule has 6 rings (SSSR count). The lowest BCUT2D eigenvalue weighted by Crippen LogP contribution is -2.32. The highest BCUT2D eigenvalue weighted by Crippen LogP contribution is 2.41. The van der Waals surface area contributed by atoms with Crippen molar-refractivity contribution in [1.29, 1.82) is 0 Å². The van der Waals surface area contributed by atoms with Gasteiger partial charge in [0.15, 0.2) is 0 Å². The number of rotatable bonds is 9. The lowest BCUT2D eigenvalue weighted by Gasteiger charge is -2.23. The zero-order chi connectivity index (χ0) is 27.3. The normalized spacial score (nSPS) is 15.9. The van der Waals surface area contributed by atoms with Gasteiger partial charge in [0.2, 0.25) is 5.91 Å². The highest BCUT2D eigenvalue weighted by Gasteiger charge is 2.34. The first-order valence-corrected chi connectivity index (χ1v) is 15.0. The third-order valence-electron chi connectivity index (χ3n) is 8.63. The summed E-state index contributed by atoms with van der Waals surface area (Å²) in [4.78, 5) is 32.9. The van der Waals surface area contributed by atoms with Gasteiger partial charge in [-0.3, -0.25) is 14.2 Å². The molecule has 4 aromatic rings. The number of para-hydroxylation sites is 1. The van der Waals surface area contributed by atoms with Gasteiger partial charge in [-0.15, -0.1) is 0 Å². The SMILES string of the molecule is O=C(c1c(C(c2ccccc2)c2ccccc2)c2ccccc2n1C(=O)CCCCN1CCCC1)N1CCCC1. The molecule has 2 fully saturated rings. The van der Waals surface area contributed by atoms with Crippen molar-refractivity contribution in [2.75, 3.05) is 32.7 Å². The predicted octanol–water partition coefficient (Wildman–Crippen LogP) is 6.96. The molecule has 5 nitrogen and oxygen atoms in total. The monoisotopic (exact) mass is 533 g/mol. The highest BCUT2D eigenvalue weighted by molar-refractivity contribution is 6.08. The van der Waals surface area contributed by atoms with Gasteiger partial charge < -0.3 is 9.80 Å². The van der Waals surface area contributed by atoms with Gasteiger partial charge in [0, 0.05) is 36.4 Å². The van der Waals surface area contributed by atoms with Crippen LogP contribution < -0.4 is 0 Å². The van der Waals surface area contributed by atoms with Crippen molar-refractivity contribution in [1.82, 2.24) is 14.4 Å². The van der Waals surface area contributed by atoms with Gasteiger partial charge >= 0.3 is 0 Å². The Bertz CT molecular complexity index is 1410. The van der Waals surface area contributed by atoms with E-state index in [2.05, 4.69) is 59.5 Å². The molecular weight excluding hydrogens is 494 g/mol. The molecule has 0 aliphatic carbocycles. The van der Waals surface area contributed by atoms with E-state index < -0.39 is 0 Å². The van der Waals surface area contributed by atoms with Crippen molar-refractivity contribution < 1.29 is 9.59 Å². The van der Waals surface area contributed by atoms with E-state index in [9.17, 15) is 9.59 Å². The number of carbonyl (C=O) groups is 2. The van der Waals surface area contributed by atoms with Crippen molar-refractivity contribution in [3.8, 4) is 0 Å². The van der Waals surface area contributed by atoms with Crippen LogP contribution in [0.1, 0.15) is 82.8 Å². The van der Waals surface area contributed by atoms with Crippen molar-refractivity contribution in [3.63, 3.8) is 0 Å². The van der Waals surface area contributed by atoms with Crippen LogP contribution in [0.15, 0.2) is 84.9 Å². The van der Waals surface area contributed by atoms with E-state index in [1.165, 1.54) is 25.9 Å². The molecule has 0 atom stereocenters. The van der Waals surface area contributed by atoms with E-state index in [4.69, 9.17) is 0 Å². The molecule has 2 aliphatic rings. The molecule has 1 amide bonds. The first kappa shape index (κ1) is 26.5. The first-order chi connectivity index (χ1) is 19.7. The van der Waals surface area contributed by atoms with Crippen molar-refractivity contribution in [3.05, 3.63) is 107 Å². The molecular formula is C35H39N3O2. The van der Waals surface area contributed by atoms with Gasteiger partial charge in [0.1, 0.15) is 5.69 Å². The Morgan fingerprint density at radius 3 is 1.90 bits per heavy atom. The minimum Gasteiger partial charge on any atom is -0.337 e. The number of hydrogen-bond donors (Lipinski definition) is 0. The first-order valence-electron chi connectivity index (χ1n) is 15.0. The van der Waals surface area contributed by atoms with E-state index in [0.29, 0.717) is 12.1 Å². The summed E-state index contributed by atoms with van der Waals surface area (Å²) >= 11 is 0. The van der Waals surface area contributed by atoms with Gasteiger partial charge in [-0.2, -0.15) is 0 Å². The van der Waals surface area contributed by atoms with Gasteiger partial charge in [-0.05, 0) is 75.4 Å². The van der Waals surface area contributed by atoms with Gasteiger partial charge in [-0.1, -0.05) is 78.9 Å². The van der Waals surface area contributed by atoms with E-state index in [1.807, 2.05) is 35.2 Å². The van der Waals surface area contributed by atoms with Crippen LogP contribution in [0.25, 0.3) is 10.9 Å². The smallest absolute Gasteiger partial charge is 0.271 e. The molecule has 0 N–H and O–H groups in total. The Hall–Kier alpha value is -3.70. The fraction of sp³-hybridized carbons (Fsp3) is 0.371. The van der Waals surface area contributed by atoms with Crippen molar-refractivity contribution in [2.24, 2.45) is 0 Å². The number of likely N-dealkylation sites (tertiary alicyclic amines) is 2. The molecule has 0 bridgehead atoms. The van der Waals surface area contributed by atoms with E-state index in [0.717, 1.165) is 72.9 Å². The summed E-state index contributed by atoms with van der Waals surface area (Å²) in [5, 5.41) is 0.980. The Labute approximate surface area is 237 Å². The number of fused-ring (bicyclic) bond motifs is 1. The molecule has 0 radical (unpaired) electrons. The summed E-state index contributed by atoms with van der Waals surface area (Å²) < 4.78 is 1.78. The van der Waals surface area contributed by atoms with Gasteiger partial charge in [-0.25, -0.2) is 0 Å². The summed E-state index contributed by atoms with van der Waals surface area (Å²) in [6.45, 7) is 4.88. The number of nitrogens with zero attached hydrogens (tertiary/aromatic N) is 3. The number of carbonyl (C=O) groups excluding carboxylic acids is 2. The minimum absolute atomic E-state index is 0.0197. The maximum Gasteiger partial charge on any atom is 0.271 e. The Morgan fingerprint density at radius 2 is 1.25 bits per heavy atom. The summed E-state index contributed by atoms with van der Waals surface area (Å²) in [6, 6.07) is 28.9. The third kappa shape index (κ3) is 5.35. The second-order valence-corrected chi connectivity index (χ2v) is 11.3. The number of benzene rings is 3. The molecule has 3 heterocycles. The molecule has 3 aromatic carbocycles. The lowest BCUT2D eigenvalue weighted by molar-refractivity contribution is 0.0761. The minimum atomic E-state index is -0.168. The summed E-state index contributed by atoms with van der Waals surface area (Å²) in [5.74, 6) is -0.171. The van der Waals surface area contributed by atoms with Gasteiger partial charge in [0.05, 0.1) is 5.52 Å². The van der Waals surface area contributed by atoms with Crippen LogP contribution in [0.3, 0.4) is 0 Å². The third-order valence-corrected chi connectivity index (χ3v) is 8.63. The Morgan fingerprint density at radius 1 is 0.675 bits per heavy atom. The molecule has 2 aliphatic heterocycles. The zero-order valence-electron chi connectivity index (χ0n) is 23.3. The summed E-state index contributed by atoms with van der Waals surface area (Å²) in [5.41, 5.74) is 4.55. The maximum absolute atomic E-state index is 14.4. The second-order valence-electron chi connectivity index (χ2n) is 11.3. The molecule has 0 saturated carbocycles. The lowest BCUT2D eigenvalue weighted by atomic mass is 9.83. The van der Waals surface area contributed by atoms with Crippen molar-refractivity contribution >= 4 is 22.7 Å². The fourth-order valence-electron chi connectivity index (χ4n) is 6.64. The van der Waals surface area contributed by atoms with Crippen molar-refractivity contribution in [2.45, 2.75) is 50.9 Å². The number of hydrogen-bond acceptors (Lipinski definition) is 3. The standard InChI is InChI=1S/C35H39N3O2/c39-31(21-9-10-22-36-23-11-12-24-36)38-30-20-8-7-19-29(30)33(34(38)35(40)37-25-13-14-26-37)32(27-15-3-1-4-16-27)28-17-5-2-6-18-28/h1-8,15-20,32H,9-14,21-26H2. The molecule has 2 saturated heterocycles. The fourth-order valence-corrected chi connectivity index (χ4v) is 6.64. The largest absolute Gasteiger partial charge is 0.337 e. The van der Waals surface area contributed by atoms with Gasteiger partial charge in [0.25, 0.3) is 5.91 Å². The highest BCUT2D eigenvalue weighted by atomic mass is 16.2. The molecule has 40 heavy (non-hydrogen) atoms. The van der Waals surface area contributed by atoms with E-state index in [-0.39, 0.29) is 17.7 Å². The molecule has 1 aromatic heterocycles. The van der Waals surface area contributed by atoms with Crippen LogP contribution in [-0.4, -0.2) is 58.9 Å². The number of unbranched alkanes of at least 4 members (excludes halogenated alkanes) is 1. The van der Waals surface area contributed by atoms with E-state index >= 15 is 0 Å². The summed E-state index contributed by atoms with van der Waals surface area (Å²) in [6.07, 6.45) is 6.85. The van der Waals surface area contributed by atoms with Crippen LogP contribution >= 0.6 is 0 Å². The predicted molar refractivity (Wildman–Crippen MR) is 161 cm³/mol.